The minimum atomic E-state index is 0.340. The number of nitrogens with one attached hydrogen (secondary N) is 1. The molecule has 1 aliphatic heterocycles. The van der Waals surface area contributed by atoms with E-state index in [2.05, 4.69) is 18.3 Å². The molecule has 3 nitrogen and oxygen atoms in total. The second-order valence-electron chi connectivity index (χ2n) is 3.14. The molecule has 3 heteroatoms. The SMILES string of the molecule is CCNC(CCOC)C1=CCCO1. The van der Waals surface area contributed by atoms with Gasteiger partial charge in [-0.15, -0.1) is 0 Å². The van der Waals surface area contributed by atoms with Gasteiger partial charge in [-0.1, -0.05) is 6.92 Å². The first-order valence-electron chi connectivity index (χ1n) is 4.93. The monoisotopic (exact) mass is 185 g/mol. The molecule has 0 amide bonds. The maximum Gasteiger partial charge on any atom is 0.109 e. The molecule has 0 aromatic carbocycles. The number of rotatable bonds is 6. The minimum Gasteiger partial charge on any atom is -0.496 e. The lowest BCUT2D eigenvalue weighted by atomic mass is 10.1. The van der Waals surface area contributed by atoms with Crippen molar-refractivity contribution in [2.45, 2.75) is 25.8 Å². The van der Waals surface area contributed by atoms with Crippen molar-refractivity contribution in [2.24, 2.45) is 0 Å². The van der Waals surface area contributed by atoms with Crippen molar-refractivity contribution >= 4 is 0 Å². The smallest absolute Gasteiger partial charge is 0.109 e. The van der Waals surface area contributed by atoms with Gasteiger partial charge < -0.3 is 14.8 Å². The highest BCUT2D eigenvalue weighted by Crippen LogP contribution is 2.15. The van der Waals surface area contributed by atoms with Crippen LogP contribution in [0.2, 0.25) is 0 Å². The zero-order chi connectivity index (χ0) is 9.52. The van der Waals surface area contributed by atoms with Gasteiger partial charge in [-0.3, -0.25) is 0 Å². The van der Waals surface area contributed by atoms with E-state index in [0.717, 1.165) is 38.4 Å². The second-order valence-corrected chi connectivity index (χ2v) is 3.14. The van der Waals surface area contributed by atoms with Gasteiger partial charge in [-0.05, 0) is 19.0 Å². The summed E-state index contributed by atoms with van der Waals surface area (Å²) < 4.78 is 10.6. The number of ether oxygens (including phenoxy) is 2. The fraction of sp³-hybridized carbons (Fsp3) is 0.800. The Hall–Kier alpha value is -0.540. The standard InChI is InChI=1S/C10H19NO2/c1-3-11-9(6-8-12-2)10-5-4-7-13-10/h5,9,11H,3-4,6-8H2,1-2H3. The Labute approximate surface area is 80.1 Å². The molecule has 76 valence electrons. The molecule has 1 atom stereocenters. The molecule has 0 saturated carbocycles. The summed E-state index contributed by atoms with van der Waals surface area (Å²) in [4.78, 5) is 0. The first-order chi connectivity index (χ1) is 6.38. The minimum absolute atomic E-state index is 0.340. The van der Waals surface area contributed by atoms with Crippen molar-refractivity contribution in [3.63, 3.8) is 0 Å². The van der Waals surface area contributed by atoms with E-state index in [1.165, 1.54) is 0 Å². The van der Waals surface area contributed by atoms with E-state index in [-0.39, 0.29) is 0 Å². The van der Waals surface area contributed by atoms with E-state index in [1.807, 2.05) is 0 Å². The molecule has 0 aliphatic carbocycles. The average Bonchev–Trinajstić information content (AvgIpc) is 2.65. The van der Waals surface area contributed by atoms with Gasteiger partial charge in [0.25, 0.3) is 0 Å². The van der Waals surface area contributed by atoms with Crippen LogP contribution >= 0.6 is 0 Å². The van der Waals surface area contributed by atoms with Crippen LogP contribution in [-0.4, -0.2) is 32.9 Å². The molecule has 1 heterocycles. The van der Waals surface area contributed by atoms with Crippen LogP contribution in [0.1, 0.15) is 19.8 Å². The van der Waals surface area contributed by atoms with Gasteiger partial charge in [0.05, 0.1) is 12.6 Å². The normalized spacial score (nSPS) is 18.2. The molecular weight excluding hydrogens is 166 g/mol. The van der Waals surface area contributed by atoms with Crippen molar-refractivity contribution in [1.82, 2.24) is 5.32 Å². The van der Waals surface area contributed by atoms with E-state index in [0.29, 0.717) is 6.04 Å². The summed E-state index contributed by atoms with van der Waals surface area (Å²) in [5.74, 6) is 1.10. The summed E-state index contributed by atoms with van der Waals surface area (Å²) in [6.07, 6.45) is 4.20. The Balaban J connectivity index is 2.36. The van der Waals surface area contributed by atoms with Gasteiger partial charge in [0.2, 0.25) is 0 Å². The highest BCUT2D eigenvalue weighted by Gasteiger charge is 2.16. The Morgan fingerprint density at radius 2 is 2.54 bits per heavy atom. The third kappa shape index (κ3) is 3.36. The van der Waals surface area contributed by atoms with E-state index in [1.54, 1.807) is 7.11 Å². The lowest BCUT2D eigenvalue weighted by Crippen LogP contribution is -2.32. The zero-order valence-corrected chi connectivity index (χ0v) is 8.51. The highest BCUT2D eigenvalue weighted by molar-refractivity contribution is 5.06. The molecule has 1 N–H and O–H groups in total. The summed E-state index contributed by atoms with van der Waals surface area (Å²) in [7, 11) is 1.73. The van der Waals surface area contributed by atoms with Crippen molar-refractivity contribution in [3.05, 3.63) is 11.8 Å². The average molecular weight is 185 g/mol. The number of hydrogen-bond acceptors (Lipinski definition) is 3. The van der Waals surface area contributed by atoms with Crippen LogP contribution in [0.3, 0.4) is 0 Å². The fourth-order valence-electron chi connectivity index (χ4n) is 1.51. The molecule has 0 aromatic heterocycles. The molecule has 0 fully saturated rings. The molecule has 1 unspecified atom stereocenters. The molecule has 0 aromatic rings. The van der Waals surface area contributed by atoms with Gasteiger partial charge in [-0.25, -0.2) is 0 Å². The fourth-order valence-corrected chi connectivity index (χ4v) is 1.51. The van der Waals surface area contributed by atoms with Crippen LogP contribution in [-0.2, 0) is 9.47 Å². The molecule has 1 rings (SSSR count). The van der Waals surface area contributed by atoms with Crippen molar-refractivity contribution in [1.29, 1.82) is 0 Å². The summed E-state index contributed by atoms with van der Waals surface area (Å²) >= 11 is 0. The Morgan fingerprint density at radius 3 is 3.08 bits per heavy atom. The maximum absolute atomic E-state index is 5.51. The number of hydrogen-bond donors (Lipinski definition) is 1. The van der Waals surface area contributed by atoms with Gasteiger partial charge in [0.15, 0.2) is 0 Å². The van der Waals surface area contributed by atoms with Gasteiger partial charge >= 0.3 is 0 Å². The van der Waals surface area contributed by atoms with Crippen LogP contribution in [0.5, 0.6) is 0 Å². The van der Waals surface area contributed by atoms with Crippen molar-refractivity contribution in [3.8, 4) is 0 Å². The van der Waals surface area contributed by atoms with E-state index < -0.39 is 0 Å². The number of methoxy groups -OCH3 is 1. The predicted molar refractivity (Wildman–Crippen MR) is 52.6 cm³/mol. The molecule has 0 spiro atoms. The van der Waals surface area contributed by atoms with Crippen molar-refractivity contribution < 1.29 is 9.47 Å². The Morgan fingerprint density at radius 1 is 1.69 bits per heavy atom. The molecule has 0 saturated heterocycles. The Kier molecular flexibility index (Phi) is 4.86. The third-order valence-corrected chi connectivity index (χ3v) is 2.14. The lowest BCUT2D eigenvalue weighted by Gasteiger charge is -2.18. The van der Waals surface area contributed by atoms with Gasteiger partial charge in [-0.2, -0.15) is 0 Å². The van der Waals surface area contributed by atoms with Crippen LogP contribution < -0.4 is 5.32 Å². The van der Waals surface area contributed by atoms with Crippen LogP contribution in [0.25, 0.3) is 0 Å². The first kappa shape index (κ1) is 10.5. The lowest BCUT2D eigenvalue weighted by molar-refractivity contribution is 0.164. The van der Waals surface area contributed by atoms with E-state index >= 15 is 0 Å². The highest BCUT2D eigenvalue weighted by atomic mass is 16.5. The van der Waals surface area contributed by atoms with Crippen LogP contribution in [0.4, 0.5) is 0 Å². The summed E-state index contributed by atoms with van der Waals surface area (Å²) in [6.45, 7) is 4.69. The van der Waals surface area contributed by atoms with Gasteiger partial charge in [0, 0.05) is 20.1 Å². The zero-order valence-electron chi connectivity index (χ0n) is 8.51. The summed E-state index contributed by atoms with van der Waals surface area (Å²) in [5, 5.41) is 3.39. The Bertz CT molecular complexity index is 168. The first-order valence-corrected chi connectivity index (χ1v) is 4.93. The van der Waals surface area contributed by atoms with Crippen molar-refractivity contribution in [2.75, 3.05) is 26.9 Å². The van der Waals surface area contributed by atoms with E-state index in [9.17, 15) is 0 Å². The molecule has 0 bridgehead atoms. The predicted octanol–water partition coefficient (Wildman–Crippen LogP) is 1.31. The molecule has 1 aliphatic rings. The van der Waals surface area contributed by atoms with Crippen LogP contribution in [0, 0.1) is 0 Å². The molecular formula is C10H19NO2. The number of likely N-dealkylation sites (N-methyl/N-ethyl adjacent to an activating group) is 1. The summed E-state index contributed by atoms with van der Waals surface area (Å²) in [5.41, 5.74) is 0. The van der Waals surface area contributed by atoms with Crippen LogP contribution in [0.15, 0.2) is 11.8 Å². The molecule has 0 radical (unpaired) electrons. The maximum atomic E-state index is 5.51. The topological polar surface area (TPSA) is 30.5 Å². The summed E-state index contributed by atoms with van der Waals surface area (Å²) in [6, 6.07) is 0.340. The molecule has 13 heavy (non-hydrogen) atoms. The largest absolute Gasteiger partial charge is 0.496 e. The third-order valence-electron chi connectivity index (χ3n) is 2.14. The van der Waals surface area contributed by atoms with E-state index in [4.69, 9.17) is 9.47 Å². The second kappa shape index (κ2) is 6.00. The quantitative estimate of drug-likeness (QED) is 0.676. The van der Waals surface area contributed by atoms with Gasteiger partial charge in [0.1, 0.15) is 5.76 Å².